The number of halogens is 1. The van der Waals surface area contributed by atoms with Crippen molar-refractivity contribution in [2.75, 3.05) is 24.5 Å². The van der Waals surface area contributed by atoms with Crippen LogP contribution >= 0.6 is 0 Å². The molecule has 2 amide bonds. The normalized spacial score (nSPS) is 16.1. The maximum atomic E-state index is 12.9. The van der Waals surface area contributed by atoms with Crippen LogP contribution in [0.5, 0.6) is 0 Å². The molecule has 0 bridgehead atoms. The average Bonchev–Trinajstić information content (AvgIpc) is 2.39. The molecule has 1 aliphatic heterocycles. The maximum absolute atomic E-state index is 12.9. The largest absolute Gasteiger partial charge is 0.331 e. The van der Waals surface area contributed by atoms with Crippen LogP contribution in [0.4, 0.5) is 10.1 Å². The lowest BCUT2D eigenvalue weighted by molar-refractivity contribution is -0.139. The fourth-order valence-electron chi connectivity index (χ4n) is 2.12. The minimum Gasteiger partial charge on any atom is -0.331 e. The molecule has 0 unspecified atom stereocenters. The molecule has 0 spiro atoms. The molecule has 4 nitrogen and oxygen atoms in total. The van der Waals surface area contributed by atoms with Gasteiger partial charge in [0.05, 0.1) is 0 Å². The van der Waals surface area contributed by atoms with Crippen LogP contribution in [0.1, 0.15) is 13.8 Å². The Kier molecular flexibility index (Phi) is 3.83. The molecule has 1 aromatic carbocycles. The Balaban J connectivity index is 2.07. The zero-order valence-electron chi connectivity index (χ0n) is 11.1. The average molecular weight is 264 g/mol. The van der Waals surface area contributed by atoms with E-state index >= 15 is 0 Å². The summed E-state index contributed by atoms with van der Waals surface area (Å²) < 4.78 is 12.9. The number of rotatable bonds is 2. The first-order chi connectivity index (χ1) is 8.99. The van der Waals surface area contributed by atoms with Gasteiger partial charge in [0.25, 0.3) is 0 Å². The van der Waals surface area contributed by atoms with Gasteiger partial charge in [0.2, 0.25) is 11.8 Å². The summed E-state index contributed by atoms with van der Waals surface area (Å²) in [6, 6.07) is 5.81. The van der Waals surface area contributed by atoms with Gasteiger partial charge in [-0.3, -0.25) is 9.59 Å². The minimum absolute atomic E-state index is 0.00731. The van der Waals surface area contributed by atoms with Crippen LogP contribution in [0, 0.1) is 11.7 Å². The first-order valence-electron chi connectivity index (χ1n) is 6.34. The number of benzene rings is 1. The molecule has 1 saturated heterocycles. The number of carbonyl (C=O) groups excluding carboxylic acids is 2. The molecular formula is C14H17FN2O2. The number of amides is 2. The smallest absolute Gasteiger partial charge is 0.246 e. The summed E-state index contributed by atoms with van der Waals surface area (Å²) >= 11 is 0. The third kappa shape index (κ3) is 2.92. The van der Waals surface area contributed by atoms with Crippen LogP contribution in [0.2, 0.25) is 0 Å². The maximum Gasteiger partial charge on any atom is 0.246 e. The first kappa shape index (κ1) is 13.5. The van der Waals surface area contributed by atoms with Gasteiger partial charge in [-0.05, 0) is 24.3 Å². The van der Waals surface area contributed by atoms with Crippen molar-refractivity contribution < 1.29 is 14.0 Å². The van der Waals surface area contributed by atoms with E-state index in [9.17, 15) is 14.0 Å². The number of carbonyl (C=O) groups is 2. The van der Waals surface area contributed by atoms with E-state index in [0.717, 1.165) is 0 Å². The quantitative estimate of drug-likeness (QED) is 0.815. The summed E-state index contributed by atoms with van der Waals surface area (Å²) in [5.41, 5.74) is 0.669. The highest BCUT2D eigenvalue weighted by molar-refractivity contribution is 5.98. The molecule has 102 valence electrons. The van der Waals surface area contributed by atoms with Gasteiger partial charge in [0, 0.05) is 24.7 Å². The Morgan fingerprint density at radius 1 is 1.21 bits per heavy atom. The monoisotopic (exact) mass is 264 g/mol. The lowest BCUT2D eigenvalue weighted by atomic mass is 10.1. The zero-order chi connectivity index (χ0) is 14.0. The van der Waals surface area contributed by atoms with E-state index in [1.807, 2.05) is 13.8 Å². The zero-order valence-corrected chi connectivity index (χ0v) is 11.1. The molecule has 0 saturated carbocycles. The van der Waals surface area contributed by atoms with Gasteiger partial charge in [-0.25, -0.2) is 4.39 Å². The van der Waals surface area contributed by atoms with Gasteiger partial charge in [0.15, 0.2) is 0 Å². The molecular weight excluding hydrogens is 247 g/mol. The number of anilines is 1. The van der Waals surface area contributed by atoms with E-state index in [2.05, 4.69) is 0 Å². The Morgan fingerprint density at radius 2 is 1.84 bits per heavy atom. The second-order valence-corrected chi connectivity index (χ2v) is 4.94. The SMILES string of the molecule is CC(C)C(=O)N1CCN(c2ccc(F)cc2)C(=O)C1. The molecule has 0 radical (unpaired) electrons. The second kappa shape index (κ2) is 5.38. The van der Waals surface area contributed by atoms with Crippen molar-refractivity contribution in [3.05, 3.63) is 30.1 Å². The number of hydrogen-bond donors (Lipinski definition) is 0. The van der Waals surface area contributed by atoms with E-state index < -0.39 is 0 Å². The topological polar surface area (TPSA) is 40.6 Å². The Hall–Kier alpha value is -1.91. The summed E-state index contributed by atoms with van der Waals surface area (Å²) in [6.45, 7) is 4.69. The molecule has 0 atom stereocenters. The van der Waals surface area contributed by atoms with Crippen LogP contribution < -0.4 is 4.90 Å². The minimum atomic E-state index is -0.329. The van der Waals surface area contributed by atoms with Crippen molar-refractivity contribution in [1.29, 1.82) is 0 Å². The van der Waals surface area contributed by atoms with Crippen LogP contribution in [-0.4, -0.2) is 36.3 Å². The Labute approximate surface area is 111 Å². The summed E-state index contributed by atoms with van der Waals surface area (Å²) in [4.78, 5) is 27.1. The standard InChI is InChI=1S/C14H17FN2O2/c1-10(2)14(19)16-7-8-17(13(18)9-16)12-5-3-11(15)4-6-12/h3-6,10H,7-9H2,1-2H3. The van der Waals surface area contributed by atoms with Crippen molar-refractivity contribution in [2.45, 2.75) is 13.8 Å². The van der Waals surface area contributed by atoms with E-state index in [0.29, 0.717) is 18.8 Å². The third-order valence-electron chi connectivity index (χ3n) is 3.16. The predicted octanol–water partition coefficient (Wildman–Crippen LogP) is 1.66. The van der Waals surface area contributed by atoms with Crippen LogP contribution in [0.15, 0.2) is 24.3 Å². The highest BCUT2D eigenvalue weighted by atomic mass is 19.1. The molecule has 1 heterocycles. The lowest BCUT2D eigenvalue weighted by Gasteiger charge is -2.35. The summed E-state index contributed by atoms with van der Waals surface area (Å²) in [5.74, 6) is -0.575. The summed E-state index contributed by atoms with van der Waals surface area (Å²) in [6.07, 6.45) is 0. The number of hydrogen-bond acceptors (Lipinski definition) is 2. The van der Waals surface area contributed by atoms with Crippen molar-refractivity contribution in [1.82, 2.24) is 4.90 Å². The van der Waals surface area contributed by atoms with Crippen molar-refractivity contribution in [3.63, 3.8) is 0 Å². The molecule has 5 heteroatoms. The molecule has 19 heavy (non-hydrogen) atoms. The lowest BCUT2D eigenvalue weighted by Crippen LogP contribution is -2.53. The molecule has 2 rings (SSSR count). The Morgan fingerprint density at radius 3 is 2.37 bits per heavy atom. The predicted molar refractivity (Wildman–Crippen MR) is 70.2 cm³/mol. The number of piperazine rings is 1. The van der Waals surface area contributed by atoms with E-state index in [4.69, 9.17) is 0 Å². The van der Waals surface area contributed by atoms with Gasteiger partial charge < -0.3 is 9.80 Å². The van der Waals surface area contributed by atoms with Crippen LogP contribution in [-0.2, 0) is 9.59 Å². The highest BCUT2D eigenvalue weighted by Gasteiger charge is 2.28. The van der Waals surface area contributed by atoms with Crippen molar-refractivity contribution >= 4 is 17.5 Å². The number of nitrogens with zero attached hydrogens (tertiary/aromatic N) is 2. The molecule has 1 aromatic rings. The van der Waals surface area contributed by atoms with E-state index in [-0.39, 0.29) is 30.1 Å². The van der Waals surface area contributed by atoms with E-state index in [1.54, 1.807) is 21.9 Å². The first-order valence-corrected chi connectivity index (χ1v) is 6.34. The van der Waals surface area contributed by atoms with Crippen LogP contribution in [0.25, 0.3) is 0 Å². The molecule has 0 N–H and O–H groups in total. The van der Waals surface area contributed by atoms with Gasteiger partial charge in [-0.15, -0.1) is 0 Å². The fraction of sp³-hybridized carbons (Fsp3) is 0.429. The molecule has 1 aliphatic rings. The van der Waals surface area contributed by atoms with Gasteiger partial charge in [0.1, 0.15) is 12.4 Å². The summed E-state index contributed by atoms with van der Waals surface area (Å²) in [5, 5.41) is 0. The van der Waals surface area contributed by atoms with Gasteiger partial charge >= 0.3 is 0 Å². The summed E-state index contributed by atoms with van der Waals surface area (Å²) in [7, 11) is 0. The second-order valence-electron chi connectivity index (χ2n) is 4.94. The van der Waals surface area contributed by atoms with Gasteiger partial charge in [-0.1, -0.05) is 13.8 Å². The molecule has 0 aliphatic carbocycles. The van der Waals surface area contributed by atoms with E-state index in [1.165, 1.54) is 12.1 Å². The third-order valence-corrected chi connectivity index (χ3v) is 3.16. The fourth-order valence-corrected chi connectivity index (χ4v) is 2.12. The highest BCUT2D eigenvalue weighted by Crippen LogP contribution is 2.18. The molecule has 1 fully saturated rings. The van der Waals surface area contributed by atoms with Crippen molar-refractivity contribution in [3.8, 4) is 0 Å². The van der Waals surface area contributed by atoms with Crippen molar-refractivity contribution in [2.24, 2.45) is 5.92 Å². The van der Waals surface area contributed by atoms with Crippen LogP contribution in [0.3, 0.4) is 0 Å². The van der Waals surface area contributed by atoms with Gasteiger partial charge in [-0.2, -0.15) is 0 Å². The molecule has 0 aromatic heterocycles. The Bertz CT molecular complexity index is 485.